The average Bonchev–Trinajstić information content (AvgIpc) is 1.98. The summed E-state index contributed by atoms with van der Waals surface area (Å²) in [6, 6.07) is 0. The molecule has 0 rings (SSSR count). The van der Waals surface area contributed by atoms with Crippen molar-refractivity contribution in [1.29, 1.82) is 0 Å². The Balaban J connectivity index is 3.53. The lowest BCUT2D eigenvalue weighted by Crippen LogP contribution is -2.21. The monoisotopic (exact) mass is 228 g/mol. The van der Waals surface area contributed by atoms with Gasteiger partial charge in [0.25, 0.3) is 0 Å². The van der Waals surface area contributed by atoms with Gasteiger partial charge in [0.2, 0.25) is 0 Å². The molecule has 0 N–H and O–H groups in total. The molecule has 0 saturated heterocycles. The van der Waals surface area contributed by atoms with Crippen molar-refractivity contribution in [2.75, 3.05) is 13.2 Å². The summed E-state index contributed by atoms with van der Waals surface area (Å²) in [6.45, 7) is 17.9. The third-order valence-corrected chi connectivity index (χ3v) is 1.98. The Morgan fingerprint density at radius 1 is 0.812 bits per heavy atom. The molecule has 0 aromatic carbocycles. The van der Waals surface area contributed by atoms with Gasteiger partial charge in [-0.15, -0.1) is 0 Å². The van der Waals surface area contributed by atoms with Crippen LogP contribution in [0, 0.1) is 0 Å². The third kappa shape index (κ3) is 11.7. The zero-order chi connectivity index (χ0) is 12.8. The molecule has 0 radical (unpaired) electrons. The molecule has 0 atom stereocenters. The van der Waals surface area contributed by atoms with Gasteiger partial charge in [-0.1, -0.05) is 12.2 Å². The first-order valence-corrected chi connectivity index (χ1v) is 6.05. The molecular formula is C14H28O2. The zero-order valence-corrected chi connectivity index (χ0v) is 11.9. The van der Waals surface area contributed by atoms with Crippen molar-refractivity contribution in [2.24, 2.45) is 0 Å². The van der Waals surface area contributed by atoms with Gasteiger partial charge in [0, 0.05) is 0 Å². The summed E-state index contributed by atoms with van der Waals surface area (Å²) in [4.78, 5) is 0. The van der Waals surface area contributed by atoms with Crippen LogP contribution in [0.1, 0.15) is 54.4 Å². The van der Waals surface area contributed by atoms with Crippen LogP contribution in [0.15, 0.2) is 12.2 Å². The highest BCUT2D eigenvalue weighted by atomic mass is 16.5. The largest absolute Gasteiger partial charge is 0.376 e. The Labute approximate surface area is 101 Å². The summed E-state index contributed by atoms with van der Waals surface area (Å²) in [5.41, 5.74) is 1.10. The van der Waals surface area contributed by atoms with Crippen molar-refractivity contribution >= 4 is 0 Å². The van der Waals surface area contributed by atoms with Gasteiger partial charge in [-0.3, -0.25) is 0 Å². The van der Waals surface area contributed by atoms with E-state index in [1.807, 2.05) is 0 Å². The Morgan fingerprint density at radius 3 is 1.38 bits per heavy atom. The van der Waals surface area contributed by atoms with Crippen molar-refractivity contribution in [2.45, 2.75) is 65.6 Å². The molecule has 0 aliphatic heterocycles. The first-order valence-electron chi connectivity index (χ1n) is 6.05. The molecule has 0 spiro atoms. The highest BCUT2D eigenvalue weighted by Crippen LogP contribution is 2.13. The Bertz CT molecular complexity index is 184. The molecule has 0 aliphatic carbocycles. The Hall–Kier alpha value is -0.340. The Kier molecular flexibility index (Phi) is 6.27. The van der Waals surface area contributed by atoms with Crippen molar-refractivity contribution in [3.8, 4) is 0 Å². The fourth-order valence-corrected chi connectivity index (χ4v) is 1.13. The predicted molar refractivity (Wildman–Crippen MR) is 69.8 cm³/mol. The van der Waals surface area contributed by atoms with Gasteiger partial charge in [-0.05, 0) is 54.4 Å². The van der Waals surface area contributed by atoms with Crippen LogP contribution in [0.25, 0.3) is 0 Å². The highest BCUT2D eigenvalue weighted by molar-refractivity contribution is 4.93. The maximum Gasteiger partial charge on any atom is 0.0598 e. The lowest BCUT2D eigenvalue weighted by atomic mass is 10.1. The standard InChI is InChI=1S/C14H28O2/c1-12(8-10-15-13(2,3)4)9-11-16-14(5,6)7/h1,8-11H2,2-7H3. The molecule has 0 unspecified atom stereocenters. The summed E-state index contributed by atoms with van der Waals surface area (Å²) >= 11 is 0. The van der Waals surface area contributed by atoms with Crippen LogP contribution in [0.4, 0.5) is 0 Å². The molecule has 0 aromatic heterocycles. The van der Waals surface area contributed by atoms with E-state index in [9.17, 15) is 0 Å². The normalized spacial score (nSPS) is 12.9. The van der Waals surface area contributed by atoms with E-state index in [2.05, 4.69) is 48.1 Å². The van der Waals surface area contributed by atoms with E-state index in [0.717, 1.165) is 26.1 Å². The molecule has 0 heterocycles. The van der Waals surface area contributed by atoms with E-state index in [1.54, 1.807) is 0 Å². The maximum atomic E-state index is 5.65. The molecule has 2 heteroatoms. The van der Waals surface area contributed by atoms with Crippen molar-refractivity contribution in [1.82, 2.24) is 0 Å². The Morgan fingerprint density at radius 2 is 1.12 bits per heavy atom. The van der Waals surface area contributed by atoms with Gasteiger partial charge in [0.1, 0.15) is 0 Å². The maximum absolute atomic E-state index is 5.65. The van der Waals surface area contributed by atoms with Gasteiger partial charge in [-0.2, -0.15) is 0 Å². The van der Waals surface area contributed by atoms with Gasteiger partial charge in [-0.25, -0.2) is 0 Å². The quantitative estimate of drug-likeness (QED) is 0.641. The number of ether oxygens (including phenoxy) is 2. The summed E-state index contributed by atoms with van der Waals surface area (Å²) in [5.74, 6) is 0. The van der Waals surface area contributed by atoms with Crippen LogP contribution in [-0.4, -0.2) is 24.4 Å². The fourth-order valence-electron chi connectivity index (χ4n) is 1.13. The van der Waals surface area contributed by atoms with Gasteiger partial charge < -0.3 is 9.47 Å². The van der Waals surface area contributed by atoms with Crippen LogP contribution in [-0.2, 0) is 9.47 Å². The molecule has 96 valence electrons. The molecule has 16 heavy (non-hydrogen) atoms. The van der Waals surface area contributed by atoms with E-state index in [4.69, 9.17) is 9.47 Å². The summed E-state index contributed by atoms with van der Waals surface area (Å²) in [6.07, 6.45) is 1.84. The molecule has 0 aliphatic rings. The minimum absolute atomic E-state index is 0.0534. The molecule has 0 fully saturated rings. The first-order chi connectivity index (χ1) is 7.10. The molecular weight excluding hydrogens is 200 g/mol. The number of hydrogen-bond acceptors (Lipinski definition) is 2. The molecule has 0 aromatic rings. The van der Waals surface area contributed by atoms with Crippen LogP contribution in [0.5, 0.6) is 0 Å². The van der Waals surface area contributed by atoms with E-state index < -0.39 is 0 Å². The fraction of sp³-hybridized carbons (Fsp3) is 0.857. The second kappa shape index (κ2) is 6.41. The van der Waals surface area contributed by atoms with E-state index in [-0.39, 0.29) is 11.2 Å². The second-order valence-electron chi connectivity index (χ2n) is 6.17. The highest BCUT2D eigenvalue weighted by Gasteiger charge is 2.11. The predicted octanol–water partition coefficient (Wildman–Crippen LogP) is 3.95. The number of rotatable bonds is 6. The van der Waals surface area contributed by atoms with Crippen LogP contribution in [0.2, 0.25) is 0 Å². The van der Waals surface area contributed by atoms with Gasteiger partial charge in [0.05, 0.1) is 24.4 Å². The molecule has 0 saturated carbocycles. The third-order valence-electron chi connectivity index (χ3n) is 1.98. The second-order valence-corrected chi connectivity index (χ2v) is 6.17. The number of hydrogen-bond donors (Lipinski definition) is 0. The zero-order valence-electron chi connectivity index (χ0n) is 11.9. The van der Waals surface area contributed by atoms with E-state index in [0.29, 0.717) is 0 Å². The van der Waals surface area contributed by atoms with Crippen LogP contribution >= 0.6 is 0 Å². The molecule has 0 bridgehead atoms. The average molecular weight is 228 g/mol. The van der Waals surface area contributed by atoms with Gasteiger partial charge >= 0.3 is 0 Å². The van der Waals surface area contributed by atoms with Crippen LogP contribution in [0.3, 0.4) is 0 Å². The summed E-state index contributed by atoms with van der Waals surface area (Å²) in [7, 11) is 0. The van der Waals surface area contributed by atoms with Crippen molar-refractivity contribution in [3.63, 3.8) is 0 Å². The van der Waals surface area contributed by atoms with Crippen molar-refractivity contribution < 1.29 is 9.47 Å². The SMILES string of the molecule is C=C(CCOC(C)(C)C)CCOC(C)(C)C. The smallest absolute Gasteiger partial charge is 0.0598 e. The van der Waals surface area contributed by atoms with Crippen LogP contribution < -0.4 is 0 Å². The first kappa shape index (κ1) is 15.7. The lowest BCUT2D eigenvalue weighted by Gasteiger charge is -2.21. The summed E-state index contributed by atoms with van der Waals surface area (Å²) in [5, 5.41) is 0. The topological polar surface area (TPSA) is 18.5 Å². The van der Waals surface area contributed by atoms with E-state index >= 15 is 0 Å². The van der Waals surface area contributed by atoms with E-state index in [1.165, 1.54) is 5.57 Å². The lowest BCUT2D eigenvalue weighted by molar-refractivity contribution is -0.00691. The minimum Gasteiger partial charge on any atom is -0.376 e. The van der Waals surface area contributed by atoms with Crippen molar-refractivity contribution in [3.05, 3.63) is 12.2 Å². The minimum atomic E-state index is -0.0534. The molecule has 0 amide bonds. The summed E-state index contributed by atoms with van der Waals surface area (Å²) < 4.78 is 11.3. The van der Waals surface area contributed by atoms with Gasteiger partial charge in [0.15, 0.2) is 0 Å². The molecule has 2 nitrogen and oxygen atoms in total.